The van der Waals surface area contributed by atoms with E-state index in [-0.39, 0.29) is 24.1 Å². The minimum absolute atomic E-state index is 0.0744. The zero-order valence-electron chi connectivity index (χ0n) is 14.3. The number of sulfonamides is 1. The van der Waals surface area contributed by atoms with Gasteiger partial charge in [-0.1, -0.05) is 19.3 Å². The average Bonchev–Trinajstić information content (AvgIpc) is 2.60. The van der Waals surface area contributed by atoms with Crippen molar-refractivity contribution in [2.24, 2.45) is 11.3 Å². The number of carbonyl (C=O) groups excluding carboxylic acids is 1. The summed E-state index contributed by atoms with van der Waals surface area (Å²) in [5.74, 6) is -1.13. The standard InChI is InChI=1S/C16H28N2O5S/c1-2-24(22,23)18-10-6-13(7-11-18)14(19)17-12-16(15(20)21)8-4-3-5-9-16/h13H,2-12H2,1H3,(H,17,19)(H,20,21). The van der Waals surface area contributed by atoms with Crippen LogP contribution in [0.1, 0.15) is 51.9 Å². The molecule has 24 heavy (non-hydrogen) atoms. The number of hydrogen-bond donors (Lipinski definition) is 2. The topological polar surface area (TPSA) is 104 Å². The molecule has 1 aliphatic heterocycles. The first-order valence-electron chi connectivity index (χ1n) is 8.80. The van der Waals surface area contributed by atoms with Gasteiger partial charge in [0.25, 0.3) is 0 Å². The van der Waals surface area contributed by atoms with Gasteiger partial charge in [0.05, 0.1) is 11.2 Å². The van der Waals surface area contributed by atoms with Crippen molar-refractivity contribution >= 4 is 21.9 Å². The van der Waals surface area contributed by atoms with Crippen molar-refractivity contribution < 1.29 is 23.1 Å². The highest BCUT2D eigenvalue weighted by Crippen LogP contribution is 2.36. The molecule has 0 radical (unpaired) electrons. The average molecular weight is 360 g/mol. The lowest BCUT2D eigenvalue weighted by Crippen LogP contribution is -2.48. The van der Waals surface area contributed by atoms with Crippen molar-refractivity contribution in [2.75, 3.05) is 25.4 Å². The first-order chi connectivity index (χ1) is 11.3. The molecule has 1 saturated carbocycles. The Morgan fingerprint density at radius 3 is 2.25 bits per heavy atom. The Hall–Kier alpha value is -1.15. The Kier molecular flexibility index (Phi) is 6.25. The lowest BCUT2D eigenvalue weighted by atomic mass is 9.74. The fraction of sp³-hybridized carbons (Fsp3) is 0.875. The van der Waals surface area contributed by atoms with Crippen LogP contribution >= 0.6 is 0 Å². The number of carboxylic acid groups (broad SMARTS) is 1. The lowest BCUT2D eigenvalue weighted by Gasteiger charge is -2.34. The second-order valence-corrected chi connectivity index (χ2v) is 9.20. The summed E-state index contributed by atoms with van der Waals surface area (Å²) in [6.07, 6.45) is 5.01. The van der Waals surface area contributed by atoms with E-state index >= 15 is 0 Å². The van der Waals surface area contributed by atoms with Crippen molar-refractivity contribution in [3.05, 3.63) is 0 Å². The molecular formula is C16H28N2O5S. The molecular weight excluding hydrogens is 332 g/mol. The molecule has 1 amide bonds. The normalized spacial score (nSPS) is 22.9. The molecule has 0 spiro atoms. The Labute approximate surface area is 143 Å². The van der Waals surface area contributed by atoms with E-state index in [9.17, 15) is 23.1 Å². The number of carboxylic acids is 1. The molecule has 0 aromatic rings. The molecule has 2 rings (SSSR count). The van der Waals surface area contributed by atoms with Gasteiger partial charge in [0.15, 0.2) is 0 Å². The molecule has 138 valence electrons. The number of rotatable bonds is 6. The van der Waals surface area contributed by atoms with Gasteiger partial charge in [0.2, 0.25) is 15.9 Å². The molecule has 8 heteroatoms. The number of nitrogens with one attached hydrogen (secondary N) is 1. The molecule has 2 fully saturated rings. The van der Waals surface area contributed by atoms with Crippen LogP contribution in [0.5, 0.6) is 0 Å². The maximum Gasteiger partial charge on any atom is 0.311 e. The molecule has 1 aliphatic carbocycles. The Morgan fingerprint density at radius 1 is 1.17 bits per heavy atom. The molecule has 1 heterocycles. The van der Waals surface area contributed by atoms with Crippen LogP contribution in [-0.2, 0) is 19.6 Å². The van der Waals surface area contributed by atoms with Gasteiger partial charge in [0, 0.05) is 25.6 Å². The van der Waals surface area contributed by atoms with Crippen molar-refractivity contribution in [1.29, 1.82) is 0 Å². The third-order valence-corrected chi connectivity index (χ3v) is 7.33. The van der Waals surface area contributed by atoms with E-state index < -0.39 is 21.4 Å². The smallest absolute Gasteiger partial charge is 0.311 e. The number of carbonyl (C=O) groups is 2. The number of piperidine rings is 1. The van der Waals surface area contributed by atoms with Crippen LogP contribution in [0, 0.1) is 11.3 Å². The zero-order valence-corrected chi connectivity index (χ0v) is 15.1. The van der Waals surface area contributed by atoms with Gasteiger partial charge in [0.1, 0.15) is 0 Å². The van der Waals surface area contributed by atoms with Gasteiger partial charge in [-0.15, -0.1) is 0 Å². The van der Waals surface area contributed by atoms with Gasteiger partial charge >= 0.3 is 5.97 Å². The van der Waals surface area contributed by atoms with Crippen LogP contribution in [0.3, 0.4) is 0 Å². The fourth-order valence-corrected chi connectivity index (χ4v) is 4.81. The number of amides is 1. The third kappa shape index (κ3) is 4.27. The second-order valence-electron chi connectivity index (χ2n) is 6.94. The largest absolute Gasteiger partial charge is 0.481 e. The van der Waals surface area contributed by atoms with E-state index in [1.54, 1.807) is 6.92 Å². The van der Waals surface area contributed by atoms with Crippen molar-refractivity contribution in [3.63, 3.8) is 0 Å². The van der Waals surface area contributed by atoms with Gasteiger partial charge in [-0.3, -0.25) is 9.59 Å². The lowest BCUT2D eigenvalue weighted by molar-refractivity contribution is -0.151. The molecule has 2 aliphatic rings. The maximum atomic E-state index is 12.4. The molecule has 0 aromatic heterocycles. The van der Waals surface area contributed by atoms with Crippen molar-refractivity contribution in [3.8, 4) is 0 Å². The Bertz CT molecular complexity index is 561. The van der Waals surface area contributed by atoms with E-state index in [1.165, 1.54) is 4.31 Å². The zero-order chi connectivity index (χ0) is 17.8. The monoisotopic (exact) mass is 360 g/mol. The summed E-state index contributed by atoms with van der Waals surface area (Å²) >= 11 is 0. The summed E-state index contributed by atoms with van der Waals surface area (Å²) in [7, 11) is -3.20. The van der Waals surface area contributed by atoms with Crippen LogP contribution < -0.4 is 5.32 Å². The summed E-state index contributed by atoms with van der Waals surface area (Å²) in [5, 5.41) is 12.4. The SMILES string of the molecule is CCS(=O)(=O)N1CCC(C(=O)NCC2(C(=O)O)CCCCC2)CC1. The van der Waals surface area contributed by atoms with Gasteiger partial charge in [-0.25, -0.2) is 12.7 Å². The molecule has 0 atom stereocenters. The van der Waals surface area contributed by atoms with E-state index in [0.717, 1.165) is 19.3 Å². The van der Waals surface area contributed by atoms with Gasteiger partial charge in [-0.05, 0) is 32.6 Å². The fourth-order valence-electron chi connectivity index (χ4n) is 3.67. The Morgan fingerprint density at radius 2 is 1.75 bits per heavy atom. The minimum Gasteiger partial charge on any atom is -0.481 e. The van der Waals surface area contributed by atoms with Crippen LogP contribution in [0.15, 0.2) is 0 Å². The molecule has 0 aromatic carbocycles. The first kappa shape index (κ1) is 19.2. The summed E-state index contributed by atoms with van der Waals surface area (Å²) in [4.78, 5) is 24.0. The van der Waals surface area contributed by atoms with E-state index in [4.69, 9.17) is 0 Å². The van der Waals surface area contributed by atoms with Crippen molar-refractivity contribution in [2.45, 2.75) is 51.9 Å². The maximum absolute atomic E-state index is 12.4. The van der Waals surface area contributed by atoms with E-state index in [0.29, 0.717) is 38.8 Å². The highest BCUT2D eigenvalue weighted by atomic mass is 32.2. The molecule has 0 bridgehead atoms. The summed E-state index contributed by atoms with van der Waals surface area (Å²) in [5.41, 5.74) is -0.833. The minimum atomic E-state index is -3.20. The highest BCUT2D eigenvalue weighted by Gasteiger charge is 2.40. The van der Waals surface area contributed by atoms with Crippen LogP contribution in [0.25, 0.3) is 0 Å². The number of aliphatic carboxylic acids is 1. The van der Waals surface area contributed by atoms with Crippen LogP contribution in [0.2, 0.25) is 0 Å². The van der Waals surface area contributed by atoms with E-state index in [1.807, 2.05) is 0 Å². The second kappa shape index (κ2) is 7.82. The van der Waals surface area contributed by atoms with Gasteiger partial charge in [-0.2, -0.15) is 0 Å². The number of nitrogens with zero attached hydrogens (tertiary/aromatic N) is 1. The first-order valence-corrected chi connectivity index (χ1v) is 10.4. The predicted octanol–water partition coefficient (Wildman–Crippen LogP) is 1.20. The summed E-state index contributed by atoms with van der Waals surface area (Å²) < 4.78 is 25.1. The van der Waals surface area contributed by atoms with Crippen LogP contribution in [0.4, 0.5) is 0 Å². The van der Waals surface area contributed by atoms with Gasteiger partial charge < -0.3 is 10.4 Å². The van der Waals surface area contributed by atoms with Crippen LogP contribution in [-0.4, -0.2) is 55.1 Å². The third-order valence-electron chi connectivity index (χ3n) is 5.45. The molecule has 2 N–H and O–H groups in total. The predicted molar refractivity (Wildman–Crippen MR) is 89.9 cm³/mol. The molecule has 0 unspecified atom stereocenters. The molecule has 7 nitrogen and oxygen atoms in total. The summed E-state index contributed by atoms with van der Waals surface area (Å²) in [6, 6.07) is 0. The molecule has 1 saturated heterocycles. The quantitative estimate of drug-likeness (QED) is 0.741. The Balaban J connectivity index is 1.86. The van der Waals surface area contributed by atoms with E-state index in [2.05, 4.69) is 5.32 Å². The number of hydrogen-bond acceptors (Lipinski definition) is 4. The summed E-state index contributed by atoms with van der Waals surface area (Å²) in [6.45, 7) is 2.51. The van der Waals surface area contributed by atoms with Crippen molar-refractivity contribution in [1.82, 2.24) is 9.62 Å². The highest BCUT2D eigenvalue weighted by molar-refractivity contribution is 7.89.